The molecule has 2 rings (SSSR count). The third-order valence-electron chi connectivity index (χ3n) is 2.73. The summed E-state index contributed by atoms with van der Waals surface area (Å²) < 4.78 is 0. The lowest BCUT2D eigenvalue weighted by Gasteiger charge is -2.25. The molecule has 5 nitrogen and oxygen atoms in total. The molecule has 0 saturated carbocycles. The number of aromatic amines is 1. The third-order valence-corrected chi connectivity index (χ3v) is 2.73. The molecule has 0 aromatic carbocycles. The number of hydrogen-bond donors (Lipinski definition) is 3. The SMILES string of the molecule is CC.CC.Cc1cc2cc[nH]c(=O)c2c(NC(C)(C)CO)n1. The highest BCUT2D eigenvalue weighted by molar-refractivity contribution is 5.91. The lowest BCUT2D eigenvalue weighted by Crippen LogP contribution is -2.35. The number of anilines is 1. The molecule has 0 aliphatic heterocycles. The van der Waals surface area contributed by atoms with E-state index in [9.17, 15) is 9.90 Å². The largest absolute Gasteiger partial charge is 0.394 e. The van der Waals surface area contributed by atoms with Crippen LogP contribution in [-0.2, 0) is 0 Å². The van der Waals surface area contributed by atoms with Crippen molar-refractivity contribution >= 4 is 16.6 Å². The zero-order valence-corrected chi connectivity index (χ0v) is 14.7. The minimum absolute atomic E-state index is 0.0468. The summed E-state index contributed by atoms with van der Waals surface area (Å²) in [5.74, 6) is 0.505. The maximum atomic E-state index is 11.9. The fourth-order valence-electron chi connectivity index (χ4n) is 1.80. The van der Waals surface area contributed by atoms with E-state index in [1.54, 1.807) is 6.20 Å². The van der Waals surface area contributed by atoms with Gasteiger partial charge in [0.2, 0.25) is 0 Å². The highest BCUT2D eigenvalue weighted by atomic mass is 16.3. The third kappa shape index (κ3) is 5.15. The van der Waals surface area contributed by atoms with Crippen molar-refractivity contribution in [1.29, 1.82) is 0 Å². The first-order valence-corrected chi connectivity index (χ1v) is 7.81. The van der Waals surface area contributed by atoms with Crippen LogP contribution < -0.4 is 10.9 Å². The van der Waals surface area contributed by atoms with Crippen molar-refractivity contribution in [2.45, 2.75) is 54.0 Å². The molecule has 2 heterocycles. The molecular weight excluding hydrogens is 278 g/mol. The fraction of sp³-hybridized carbons (Fsp3) is 0.529. The minimum Gasteiger partial charge on any atom is -0.394 e. The van der Waals surface area contributed by atoms with Gasteiger partial charge in [0.05, 0.1) is 17.5 Å². The van der Waals surface area contributed by atoms with Crippen molar-refractivity contribution in [2.24, 2.45) is 0 Å². The van der Waals surface area contributed by atoms with E-state index >= 15 is 0 Å². The summed E-state index contributed by atoms with van der Waals surface area (Å²) in [5.41, 5.74) is 0.108. The predicted octanol–water partition coefficient (Wildman–Crippen LogP) is 3.47. The number of rotatable bonds is 3. The summed E-state index contributed by atoms with van der Waals surface area (Å²) in [6, 6.07) is 3.70. The van der Waals surface area contributed by atoms with Crippen LogP contribution in [0.5, 0.6) is 0 Å². The van der Waals surface area contributed by atoms with Crippen LogP contribution in [-0.4, -0.2) is 27.2 Å². The minimum atomic E-state index is -0.532. The number of nitrogens with zero attached hydrogens (tertiary/aromatic N) is 1. The van der Waals surface area contributed by atoms with E-state index in [0.29, 0.717) is 11.2 Å². The molecule has 0 aliphatic carbocycles. The smallest absolute Gasteiger partial charge is 0.259 e. The number of nitrogens with one attached hydrogen (secondary N) is 2. The number of H-pyrrole nitrogens is 1. The Bertz CT molecular complexity index is 633. The average molecular weight is 307 g/mol. The van der Waals surface area contributed by atoms with Crippen LogP contribution in [0, 0.1) is 6.92 Å². The van der Waals surface area contributed by atoms with Gasteiger partial charge < -0.3 is 15.4 Å². The van der Waals surface area contributed by atoms with Crippen LogP contribution in [0.2, 0.25) is 0 Å². The zero-order valence-electron chi connectivity index (χ0n) is 14.7. The molecule has 2 aromatic heterocycles. The predicted molar refractivity (Wildman–Crippen MR) is 94.6 cm³/mol. The van der Waals surface area contributed by atoms with Gasteiger partial charge in [-0.1, -0.05) is 27.7 Å². The normalized spacial score (nSPS) is 10.2. The van der Waals surface area contributed by atoms with Gasteiger partial charge in [0, 0.05) is 11.9 Å². The molecule has 0 aliphatic rings. The van der Waals surface area contributed by atoms with E-state index in [0.717, 1.165) is 11.1 Å². The molecular formula is C17H29N3O2. The molecule has 2 aromatic rings. The Hall–Kier alpha value is -1.88. The monoisotopic (exact) mass is 307 g/mol. The summed E-state index contributed by atoms with van der Waals surface area (Å²) in [5, 5.41) is 13.8. The van der Waals surface area contributed by atoms with Crippen LogP contribution in [0.4, 0.5) is 5.82 Å². The number of aromatic nitrogens is 2. The number of fused-ring (bicyclic) bond motifs is 1. The highest BCUT2D eigenvalue weighted by Crippen LogP contribution is 2.21. The van der Waals surface area contributed by atoms with Gasteiger partial charge in [-0.2, -0.15) is 0 Å². The summed E-state index contributed by atoms with van der Waals surface area (Å²) in [4.78, 5) is 18.9. The second-order valence-electron chi connectivity index (χ2n) is 5.05. The quantitative estimate of drug-likeness (QED) is 0.811. The lowest BCUT2D eigenvalue weighted by atomic mass is 10.1. The van der Waals surface area contributed by atoms with Gasteiger partial charge >= 0.3 is 0 Å². The van der Waals surface area contributed by atoms with Gasteiger partial charge in [0.1, 0.15) is 5.82 Å². The molecule has 0 unspecified atom stereocenters. The van der Waals surface area contributed by atoms with Crippen LogP contribution in [0.1, 0.15) is 47.2 Å². The van der Waals surface area contributed by atoms with Crippen LogP contribution in [0.25, 0.3) is 10.8 Å². The zero-order chi connectivity index (χ0) is 17.3. The van der Waals surface area contributed by atoms with Crippen molar-refractivity contribution in [3.8, 4) is 0 Å². The topological polar surface area (TPSA) is 78.0 Å². The van der Waals surface area contributed by atoms with Gasteiger partial charge in [-0.3, -0.25) is 4.79 Å². The Morgan fingerprint density at radius 2 is 1.86 bits per heavy atom. The summed E-state index contributed by atoms with van der Waals surface area (Å²) >= 11 is 0. The van der Waals surface area contributed by atoms with Crippen molar-refractivity contribution < 1.29 is 5.11 Å². The molecule has 0 spiro atoms. The van der Waals surface area contributed by atoms with Gasteiger partial charge in [-0.15, -0.1) is 0 Å². The van der Waals surface area contributed by atoms with Gasteiger partial charge in [0.25, 0.3) is 5.56 Å². The maximum Gasteiger partial charge on any atom is 0.259 e. The van der Waals surface area contributed by atoms with E-state index in [-0.39, 0.29) is 12.2 Å². The first-order valence-electron chi connectivity index (χ1n) is 7.81. The molecule has 0 bridgehead atoms. The first kappa shape index (κ1) is 20.1. The number of hydrogen-bond acceptors (Lipinski definition) is 4. The fourth-order valence-corrected chi connectivity index (χ4v) is 1.80. The van der Waals surface area contributed by atoms with Crippen molar-refractivity contribution in [3.63, 3.8) is 0 Å². The first-order chi connectivity index (χ1) is 10.4. The van der Waals surface area contributed by atoms with Crippen molar-refractivity contribution in [2.75, 3.05) is 11.9 Å². The molecule has 0 amide bonds. The maximum absolute atomic E-state index is 11.9. The van der Waals surface area contributed by atoms with Gasteiger partial charge in [0.15, 0.2) is 0 Å². The number of pyridine rings is 2. The molecule has 0 atom stereocenters. The summed E-state index contributed by atoms with van der Waals surface area (Å²) in [7, 11) is 0. The Kier molecular flexibility index (Phi) is 8.42. The molecule has 3 N–H and O–H groups in total. The molecule has 5 heteroatoms. The Balaban J connectivity index is 0.00000102. The van der Waals surface area contributed by atoms with E-state index < -0.39 is 5.54 Å². The standard InChI is InChI=1S/C13H17N3O2.2C2H6/c1-8-6-9-4-5-14-12(18)10(9)11(15-8)16-13(2,3)7-17;2*1-2/h4-6,17H,7H2,1-3H3,(H,14,18)(H,15,16);2*1-2H3. The van der Waals surface area contributed by atoms with Crippen LogP contribution in [0.3, 0.4) is 0 Å². The average Bonchev–Trinajstić information content (AvgIpc) is 2.50. The Morgan fingerprint density at radius 3 is 2.41 bits per heavy atom. The highest BCUT2D eigenvalue weighted by Gasteiger charge is 2.19. The Morgan fingerprint density at radius 1 is 1.27 bits per heavy atom. The molecule has 124 valence electrons. The summed E-state index contributed by atoms with van der Waals surface area (Å²) in [6.45, 7) is 13.5. The second-order valence-corrected chi connectivity index (χ2v) is 5.05. The number of aliphatic hydroxyl groups is 1. The molecule has 0 fully saturated rings. The molecule has 0 radical (unpaired) electrons. The molecule has 0 saturated heterocycles. The van der Waals surface area contributed by atoms with E-state index in [2.05, 4.69) is 15.3 Å². The van der Waals surface area contributed by atoms with Crippen molar-refractivity contribution in [3.05, 3.63) is 34.4 Å². The number of aryl methyl sites for hydroxylation is 1. The summed E-state index contributed by atoms with van der Waals surface area (Å²) in [6.07, 6.45) is 1.62. The second kappa shape index (κ2) is 9.20. The van der Waals surface area contributed by atoms with E-state index in [4.69, 9.17) is 0 Å². The van der Waals surface area contributed by atoms with Gasteiger partial charge in [-0.25, -0.2) is 4.98 Å². The molecule has 22 heavy (non-hydrogen) atoms. The number of aliphatic hydroxyl groups excluding tert-OH is 1. The Labute approximate surface area is 132 Å². The lowest BCUT2D eigenvalue weighted by molar-refractivity contribution is 0.234. The van der Waals surface area contributed by atoms with Crippen LogP contribution >= 0.6 is 0 Å². The van der Waals surface area contributed by atoms with Crippen molar-refractivity contribution in [1.82, 2.24) is 9.97 Å². The van der Waals surface area contributed by atoms with E-state index in [1.165, 1.54) is 0 Å². The van der Waals surface area contributed by atoms with Crippen LogP contribution in [0.15, 0.2) is 23.1 Å². The van der Waals surface area contributed by atoms with Gasteiger partial charge in [-0.05, 0) is 38.3 Å². The van der Waals surface area contributed by atoms with E-state index in [1.807, 2.05) is 60.6 Å².